The van der Waals surface area contributed by atoms with Crippen LogP contribution < -0.4 is 10.6 Å². The molecule has 0 saturated carbocycles. The zero-order valence-electron chi connectivity index (χ0n) is 10.9. The Bertz CT molecular complexity index is 797. The number of carbonyl (C=O) groups is 1. The number of benzene rings is 1. The third-order valence-corrected chi connectivity index (χ3v) is 4.05. The first kappa shape index (κ1) is 13.2. The molecule has 4 heteroatoms. The van der Waals surface area contributed by atoms with Crippen molar-refractivity contribution in [2.75, 3.05) is 0 Å². The van der Waals surface area contributed by atoms with E-state index >= 15 is 0 Å². The summed E-state index contributed by atoms with van der Waals surface area (Å²) in [5.74, 6) is -0.508. The van der Waals surface area contributed by atoms with Crippen LogP contribution in [0.3, 0.4) is 0 Å². The topological polar surface area (TPSA) is 50.4 Å². The lowest BCUT2D eigenvalue weighted by Crippen LogP contribution is -2.29. The summed E-state index contributed by atoms with van der Waals surface area (Å²) in [6.45, 7) is 1.99. The van der Waals surface area contributed by atoms with E-state index < -0.39 is 5.97 Å². The Balaban J connectivity index is 2.35. The van der Waals surface area contributed by atoms with Gasteiger partial charge in [0.2, 0.25) is 0 Å². The lowest BCUT2D eigenvalue weighted by Gasteiger charge is -2.00. The number of halogens is 1. The zero-order valence-corrected chi connectivity index (χ0v) is 12.5. The minimum absolute atomic E-state index is 0.265. The summed E-state index contributed by atoms with van der Waals surface area (Å²) in [6.07, 6.45) is 3.73. The molecule has 1 aliphatic carbocycles. The van der Waals surface area contributed by atoms with Crippen molar-refractivity contribution in [1.82, 2.24) is 0 Å². The first-order valence-electron chi connectivity index (χ1n) is 6.40. The largest absolute Gasteiger partial charge is 0.478 e. The van der Waals surface area contributed by atoms with E-state index in [-0.39, 0.29) is 5.56 Å². The van der Waals surface area contributed by atoms with E-state index in [0.29, 0.717) is 11.2 Å². The van der Waals surface area contributed by atoms with Gasteiger partial charge in [0.15, 0.2) is 0 Å². The zero-order chi connectivity index (χ0) is 14.3. The molecule has 20 heavy (non-hydrogen) atoms. The average molecular weight is 333 g/mol. The highest BCUT2D eigenvalue weighted by molar-refractivity contribution is 9.10. The maximum Gasteiger partial charge on any atom is 0.340 e. The van der Waals surface area contributed by atoms with E-state index in [1.54, 1.807) is 0 Å². The highest BCUT2D eigenvalue weighted by atomic mass is 79.9. The number of rotatable bonds is 2. The predicted molar refractivity (Wildman–Crippen MR) is 80.8 cm³/mol. The highest BCUT2D eigenvalue weighted by Gasteiger charge is 2.21. The lowest BCUT2D eigenvalue weighted by molar-refractivity contribution is 0.0696. The van der Waals surface area contributed by atoms with Crippen molar-refractivity contribution in [3.8, 4) is 11.3 Å². The van der Waals surface area contributed by atoms with E-state index in [4.69, 9.17) is 4.42 Å². The third kappa shape index (κ3) is 2.10. The van der Waals surface area contributed by atoms with E-state index in [0.717, 1.165) is 33.7 Å². The Morgan fingerprint density at radius 2 is 2.00 bits per heavy atom. The average Bonchev–Trinajstić information content (AvgIpc) is 2.80. The van der Waals surface area contributed by atoms with Gasteiger partial charge in [-0.3, -0.25) is 0 Å². The number of aromatic carboxylic acids is 1. The van der Waals surface area contributed by atoms with Crippen LogP contribution in [-0.4, -0.2) is 11.1 Å². The second-order valence-electron chi connectivity index (χ2n) is 4.88. The molecule has 0 spiro atoms. The standard InChI is InChI=1S/C16H13BrO3/c1-9-3-2-4-12-13(16(18)19)15(20-14(9)12)10-5-7-11(17)8-6-10/h4-8H,2-3H2,1H3,(H,18,19). The summed E-state index contributed by atoms with van der Waals surface area (Å²) in [6, 6.07) is 7.47. The Kier molecular flexibility index (Phi) is 3.26. The number of fused-ring (bicyclic) bond motifs is 1. The molecular formula is C16H13BrO3. The summed E-state index contributed by atoms with van der Waals surface area (Å²) >= 11 is 3.37. The van der Waals surface area contributed by atoms with E-state index in [1.807, 2.05) is 37.3 Å². The molecule has 1 aromatic carbocycles. The van der Waals surface area contributed by atoms with Crippen LogP contribution in [0.5, 0.6) is 0 Å². The third-order valence-electron chi connectivity index (χ3n) is 3.52. The fourth-order valence-corrected chi connectivity index (χ4v) is 2.78. The van der Waals surface area contributed by atoms with Crippen molar-refractivity contribution in [1.29, 1.82) is 0 Å². The van der Waals surface area contributed by atoms with Crippen molar-refractivity contribution in [2.45, 2.75) is 19.8 Å². The summed E-state index contributed by atoms with van der Waals surface area (Å²) in [5, 5.41) is 10.2. The van der Waals surface area contributed by atoms with Gasteiger partial charge in [0.05, 0.1) is 0 Å². The van der Waals surface area contributed by atoms with Crippen LogP contribution in [0.1, 0.15) is 30.1 Å². The van der Waals surface area contributed by atoms with Crippen molar-refractivity contribution in [3.05, 3.63) is 44.9 Å². The molecule has 3 rings (SSSR count). The Hall–Kier alpha value is -1.81. The Morgan fingerprint density at radius 1 is 1.30 bits per heavy atom. The smallest absolute Gasteiger partial charge is 0.340 e. The molecule has 0 amide bonds. The number of hydrogen-bond donors (Lipinski definition) is 1. The van der Waals surface area contributed by atoms with Crippen LogP contribution in [0.4, 0.5) is 0 Å². The molecule has 102 valence electrons. The quantitative estimate of drug-likeness (QED) is 0.919. The summed E-state index contributed by atoms with van der Waals surface area (Å²) in [4.78, 5) is 11.6. The highest BCUT2D eigenvalue weighted by Crippen LogP contribution is 2.24. The molecular weight excluding hydrogens is 320 g/mol. The molecule has 0 fully saturated rings. The first-order chi connectivity index (χ1) is 9.58. The van der Waals surface area contributed by atoms with Gasteiger partial charge in [-0.15, -0.1) is 0 Å². The number of hydrogen-bond acceptors (Lipinski definition) is 2. The monoisotopic (exact) mass is 332 g/mol. The van der Waals surface area contributed by atoms with Crippen molar-refractivity contribution < 1.29 is 14.3 Å². The number of carboxylic acid groups (broad SMARTS) is 1. The lowest BCUT2D eigenvalue weighted by atomic mass is 10.0. The second kappa shape index (κ2) is 4.94. The SMILES string of the molecule is CC1=c2oc(-c3ccc(Br)cc3)c(C(=O)O)c2=CCC1. The molecule has 2 aromatic rings. The van der Waals surface area contributed by atoms with Gasteiger partial charge in [-0.25, -0.2) is 4.79 Å². The van der Waals surface area contributed by atoms with E-state index in [2.05, 4.69) is 15.9 Å². The van der Waals surface area contributed by atoms with Gasteiger partial charge >= 0.3 is 5.97 Å². The van der Waals surface area contributed by atoms with Gasteiger partial charge in [-0.1, -0.05) is 34.1 Å². The molecule has 0 radical (unpaired) electrons. The maximum absolute atomic E-state index is 11.6. The van der Waals surface area contributed by atoms with E-state index in [1.165, 1.54) is 0 Å². The van der Waals surface area contributed by atoms with Gasteiger partial charge in [0.1, 0.15) is 16.7 Å². The van der Waals surface area contributed by atoms with Crippen LogP contribution in [-0.2, 0) is 0 Å². The molecule has 0 bridgehead atoms. The minimum atomic E-state index is -0.945. The molecule has 0 atom stereocenters. The molecule has 0 unspecified atom stereocenters. The fraction of sp³-hybridized carbons (Fsp3) is 0.188. The normalized spacial score (nSPS) is 13.8. The van der Waals surface area contributed by atoms with Gasteiger partial charge < -0.3 is 9.52 Å². The second-order valence-corrected chi connectivity index (χ2v) is 5.80. The van der Waals surface area contributed by atoms with Crippen molar-refractivity contribution in [3.63, 3.8) is 0 Å². The summed E-state index contributed by atoms with van der Waals surface area (Å²) in [7, 11) is 0. The number of carboxylic acids is 1. The van der Waals surface area contributed by atoms with Crippen molar-refractivity contribution >= 4 is 33.5 Å². The Morgan fingerprint density at radius 3 is 2.65 bits per heavy atom. The molecule has 1 aliphatic rings. The molecule has 1 heterocycles. The molecule has 0 aliphatic heterocycles. The predicted octanol–water partition coefficient (Wildman–Crippen LogP) is 3.15. The number of furan rings is 1. The minimum Gasteiger partial charge on any atom is -0.478 e. The van der Waals surface area contributed by atoms with Gasteiger partial charge in [-0.2, -0.15) is 0 Å². The van der Waals surface area contributed by atoms with E-state index in [9.17, 15) is 9.90 Å². The van der Waals surface area contributed by atoms with Gasteiger partial charge in [0.25, 0.3) is 0 Å². The van der Waals surface area contributed by atoms with Crippen LogP contribution in [0.2, 0.25) is 0 Å². The molecule has 1 N–H and O–H groups in total. The van der Waals surface area contributed by atoms with Crippen molar-refractivity contribution in [2.24, 2.45) is 0 Å². The molecule has 0 saturated heterocycles. The van der Waals surface area contributed by atoms with Crippen LogP contribution in [0, 0.1) is 0 Å². The fourth-order valence-electron chi connectivity index (χ4n) is 2.52. The van der Waals surface area contributed by atoms with Crippen LogP contribution in [0.25, 0.3) is 23.0 Å². The van der Waals surface area contributed by atoms with Gasteiger partial charge in [-0.05, 0) is 37.5 Å². The first-order valence-corrected chi connectivity index (χ1v) is 7.19. The maximum atomic E-state index is 11.6. The Labute approximate surface area is 124 Å². The van der Waals surface area contributed by atoms with Gasteiger partial charge in [0, 0.05) is 15.3 Å². The molecule has 3 nitrogen and oxygen atoms in total. The van der Waals surface area contributed by atoms with Crippen LogP contribution >= 0.6 is 15.9 Å². The summed E-state index contributed by atoms with van der Waals surface area (Å²) < 4.78 is 6.82. The summed E-state index contributed by atoms with van der Waals surface area (Å²) in [5.41, 5.74) is 2.86. The van der Waals surface area contributed by atoms with Crippen LogP contribution in [0.15, 0.2) is 33.2 Å². The molecule has 1 aromatic heterocycles.